The van der Waals surface area contributed by atoms with E-state index in [1.54, 1.807) is 6.26 Å². The fourth-order valence-corrected chi connectivity index (χ4v) is 2.84. The van der Waals surface area contributed by atoms with Crippen molar-refractivity contribution in [2.75, 3.05) is 6.54 Å². The Morgan fingerprint density at radius 3 is 2.39 bits per heavy atom. The molecular formula is C21H23NO. The second-order valence-corrected chi connectivity index (χ2v) is 5.93. The van der Waals surface area contributed by atoms with Gasteiger partial charge in [0.25, 0.3) is 0 Å². The molecule has 0 aliphatic heterocycles. The average molecular weight is 305 g/mol. The van der Waals surface area contributed by atoms with Crippen molar-refractivity contribution in [3.05, 3.63) is 95.4 Å². The molecule has 2 heteroatoms. The molecule has 1 atom stereocenters. The van der Waals surface area contributed by atoms with Crippen LogP contribution in [0.25, 0.3) is 0 Å². The Morgan fingerprint density at radius 1 is 0.913 bits per heavy atom. The maximum atomic E-state index is 5.67. The smallest absolute Gasteiger partial charge is 0.111 e. The van der Waals surface area contributed by atoms with Crippen molar-refractivity contribution in [3.63, 3.8) is 0 Å². The van der Waals surface area contributed by atoms with E-state index < -0.39 is 0 Å². The van der Waals surface area contributed by atoms with Gasteiger partial charge in [-0.25, -0.2) is 0 Å². The molecule has 1 heterocycles. The van der Waals surface area contributed by atoms with E-state index in [1.165, 1.54) is 16.7 Å². The number of rotatable bonds is 7. The SMILES string of the molecule is Cc1ccc([C@@H](CCNCc2ccccc2)c2ccco2)cc1. The van der Waals surface area contributed by atoms with E-state index >= 15 is 0 Å². The molecule has 23 heavy (non-hydrogen) atoms. The van der Waals surface area contributed by atoms with Crippen LogP contribution in [0.1, 0.15) is 34.8 Å². The molecule has 2 aromatic carbocycles. The normalized spacial score (nSPS) is 12.2. The predicted molar refractivity (Wildman–Crippen MR) is 94.5 cm³/mol. The highest BCUT2D eigenvalue weighted by Gasteiger charge is 2.16. The van der Waals surface area contributed by atoms with Crippen molar-refractivity contribution in [1.29, 1.82) is 0 Å². The standard InChI is InChI=1S/C21H23NO/c1-17-9-11-19(12-10-17)20(21-8-5-15-23-21)13-14-22-16-18-6-3-2-4-7-18/h2-12,15,20,22H,13-14,16H2,1H3/t20-/m1/s1. The van der Waals surface area contributed by atoms with Gasteiger partial charge in [-0.2, -0.15) is 0 Å². The van der Waals surface area contributed by atoms with Crippen LogP contribution >= 0.6 is 0 Å². The van der Waals surface area contributed by atoms with E-state index in [0.29, 0.717) is 5.92 Å². The molecule has 0 aliphatic rings. The van der Waals surface area contributed by atoms with E-state index in [0.717, 1.165) is 25.3 Å². The summed E-state index contributed by atoms with van der Waals surface area (Å²) in [7, 11) is 0. The zero-order valence-corrected chi connectivity index (χ0v) is 13.5. The van der Waals surface area contributed by atoms with Gasteiger partial charge in [0.05, 0.1) is 6.26 Å². The van der Waals surface area contributed by atoms with Gasteiger partial charge in [0.1, 0.15) is 5.76 Å². The van der Waals surface area contributed by atoms with Crippen LogP contribution in [0.4, 0.5) is 0 Å². The van der Waals surface area contributed by atoms with Gasteiger partial charge < -0.3 is 9.73 Å². The highest BCUT2D eigenvalue weighted by Crippen LogP contribution is 2.28. The fourth-order valence-electron chi connectivity index (χ4n) is 2.84. The van der Waals surface area contributed by atoms with Gasteiger partial charge in [-0.15, -0.1) is 0 Å². The van der Waals surface area contributed by atoms with Crippen LogP contribution in [-0.4, -0.2) is 6.54 Å². The van der Waals surface area contributed by atoms with Crippen LogP contribution < -0.4 is 5.32 Å². The summed E-state index contributed by atoms with van der Waals surface area (Å²) < 4.78 is 5.67. The summed E-state index contributed by atoms with van der Waals surface area (Å²) in [5.41, 5.74) is 3.92. The molecule has 0 bridgehead atoms. The second kappa shape index (κ2) is 7.80. The van der Waals surface area contributed by atoms with E-state index in [2.05, 4.69) is 66.8 Å². The molecule has 3 aromatic rings. The molecule has 0 aliphatic carbocycles. The number of hydrogen-bond donors (Lipinski definition) is 1. The summed E-state index contributed by atoms with van der Waals surface area (Å²) in [5.74, 6) is 1.34. The number of nitrogens with one attached hydrogen (secondary N) is 1. The summed E-state index contributed by atoms with van der Waals surface area (Å²) >= 11 is 0. The Labute approximate surface area is 138 Å². The Bertz CT molecular complexity index is 686. The van der Waals surface area contributed by atoms with Crippen LogP contribution in [0, 0.1) is 6.92 Å². The van der Waals surface area contributed by atoms with E-state index in [4.69, 9.17) is 4.42 Å². The molecular weight excluding hydrogens is 282 g/mol. The summed E-state index contributed by atoms with van der Waals surface area (Å²) in [4.78, 5) is 0. The average Bonchev–Trinajstić information content (AvgIpc) is 3.11. The lowest BCUT2D eigenvalue weighted by atomic mass is 9.92. The van der Waals surface area contributed by atoms with Crippen molar-refractivity contribution in [2.24, 2.45) is 0 Å². The lowest BCUT2D eigenvalue weighted by Gasteiger charge is -2.16. The molecule has 0 saturated carbocycles. The Kier molecular flexibility index (Phi) is 5.28. The van der Waals surface area contributed by atoms with Crippen molar-refractivity contribution in [2.45, 2.75) is 25.8 Å². The lowest BCUT2D eigenvalue weighted by molar-refractivity contribution is 0.466. The minimum atomic E-state index is 0.300. The van der Waals surface area contributed by atoms with E-state index in [-0.39, 0.29) is 0 Å². The first kappa shape index (κ1) is 15.6. The van der Waals surface area contributed by atoms with Crippen molar-refractivity contribution >= 4 is 0 Å². The Balaban J connectivity index is 1.62. The van der Waals surface area contributed by atoms with Gasteiger partial charge >= 0.3 is 0 Å². The molecule has 1 aromatic heterocycles. The van der Waals surface area contributed by atoms with E-state index in [1.807, 2.05) is 12.1 Å². The second-order valence-electron chi connectivity index (χ2n) is 5.93. The zero-order valence-electron chi connectivity index (χ0n) is 13.5. The minimum Gasteiger partial charge on any atom is -0.469 e. The van der Waals surface area contributed by atoms with Crippen LogP contribution in [0.5, 0.6) is 0 Å². The molecule has 0 unspecified atom stereocenters. The predicted octanol–water partition coefficient (Wildman–Crippen LogP) is 4.90. The van der Waals surface area contributed by atoms with Crippen LogP contribution in [0.2, 0.25) is 0 Å². The third-order valence-corrected chi connectivity index (χ3v) is 4.15. The summed E-state index contributed by atoms with van der Waals surface area (Å²) in [6.45, 7) is 3.97. The Hall–Kier alpha value is -2.32. The lowest BCUT2D eigenvalue weighted by Crippen LogP contribution is -2.17. The van der Waals surface area contributed by atoms with Crippen molar-refractivity contribution in [1.82, 2.24) is 5.32 Å². The van der Waals surface area contributed by atoms with Crippen LogP contribution in [0.15, 0.2) is 77.4 Å². The molecule has 118 valence electrons. The van der Waals surface area contributed by atoms with Gasteiger partial charge in [-0.05, 0) is 43.1 Å². The first-order valence-electron chi connectivity index (χ1n) is 8.17. The van der Waals surface area contributed by atoms with Crippen LogP contribution in [-0.2, 0) is 6.54 Å². The minimum absolute atomic E-state index is 0.300. The van der Waals surface area contributed by atoms with Crippen LogP contribution in [0.3, 0.4) is 0 Å². The molecule has 0 spiro atoms. The van der Waals surface area contributed by atoms with Crippen molar-refractivity contribution < 1.29 is 4.42 Å². The van der Waals surface area contributed by atoms with E-state index in [9.17, 15) is 0 Å². The third kappa shape index (κ3) is 4.33. The summed E-state index contributed by atoms with van der Waals surface area (Å²) in [6.07, 6.45) is 2.78. The fraction of sp³-hybridized carbons (Fsp3) is 0.238. The monoisotopic (exact) mass is 305 g/mol. The zero-order chi connectivity index (χ0) is 15.9. The maximum absolute atomic E-state index is 5.67. The van der Waals surface area contributed by atoms with Crippen molar-refractivity contribution in [3.8, 4) is 0 Å². The molecule has 2 nitrogen and oxygen atoms in total. The van der Waals surface area contributed by atoms with Gasteiger partial charge in [0, 0.05) is 12.5 Å². The first-order chi connectivity index (χ1) is 11.3. The molecule has 1 N–H and O–H groups in total. The number of hydrogen-bond acceptors (Lipinski definition) is 2. The summed E-state index contributed by atoms with van der Waals surface area (Å²) in [5, 5.41) is 3.53. The molecule has 0 radical (unpaired) electrons. The Morgan fingerprint density at radius 2 is 1.70 bits per heavy atom. The van der Waals surface area contributed by atoms with Gasteiger partial charge in [0.2, 0.25) is 0 Å². The van der Waals surface area contributed by atoms with Gasteiger partial charge in [0.15, 0.2) is 0 Å². The maximum Gasteiger partial charge on any atom is 0.111 e. The topological polar surface area (TPSA) is 25.2 Å². The molecule has 0 amide bonds. The number of aryl methyl sites for hydroxylation is 1. The third-order valence-electron chi connectivity index (χ3n) is 4.15. The quantitative estimate of drug-likeness (QED) is 0.628. The largest absolute Gasteiger partial charge is 0.469 e. The molecule has 0 fully saturated rings. The molecule has 0 saturated heterocycles. The highest BCUT2D eigenvalue weighted by atomic mass is 16.3. The van der Waals surface area contributed by atoms with Gasteiger partial charge in [-0.1, -0.05) is 60.2 Å². The summed E-state index contributed by atoms with van der Waals surface area (Å²) in [6, 6.07) is 23.3. The highest BCUT2D eigenvalue weighted by molar-refractivity contribution is 5.30. The number of benzene rings is 2. The van der Waals surface area contributed by atoms with Gasteiger partial charge in [-0.3, -0.25) is 0 Å². The number of furan rings is 1. The first-order valence-corrected chi connectivity index (χ1v) is 8.17. The molecule has 3 rings (SSSR count).